The maximum Gasteiger partial charge on any atom is 0.211 e. The van der Waals surface area contributed by atoms with Crippen molar-refractivity contribution in [1.82, 2.24) is 9.62 Å². The lowest BCUT2D eigenvalue weighted by atomic mass is 10.4. The molecule has 5 N–H and O–H groups in total. The zero-order valence-electron chi connectivity index (χ0n) is 9.28. The van der Waals surface area contributed by atoms with E-state index in [2.05, 4.69) is 4.72 Å². The van der Waals surface area contributed by atoms with Gasteiger partial charge < -0.3 is 11.5 Å². The van der Waals surface area contributed by atoms with Gasteiger partial charge in [0.15, 0.2) is 0 Å². The van der Waals surface area contributed by atoms with Crippen molar-refractivity contribution in [3.63, 3.8) is 0 Å². The van der Waals surface area contributed by atoms with Gasteiger partial charge in [0.1, 0.15) is 0 Å². The highest BCUT2D eigenvalue weighted by Gasteiger charge is 2.07. The van der Waals surface area contributed by atoms with E-state index in [0.29, 0.717) is 26.2 Å². The molecule has 0 radical (unpaired) electrons. The molecule has 0 saturated heterocycles. The fourth-order valence-electron chi connectivity index (χ4n) is 1.16. The molecule has 0 atom stereocenters. The van der Waals surface area contributed by atoms with Crippen molar-refractivity contribution >= 4 is 10.0 Å². The maximum atomic E-state index is 11.1. The summed E-state index contributed by atoms with van der Waals surface area (Å²) >= 11 is 0. The Bertz CT molecular complexity index is 237. The summed E-state index contributed by atoms with van der Waals surface area (Å²) in [7, 11) is -3.08. The van der Waals surface area contributed by atoms with Crippen LogP contribution in [-0.4, -0.2) is 58.3 Å². The standard InChI is InChI=1S/C8H22N4O2S/c1-2-15(13,14)11-5-8-12(6-3-9)7-4-10/h11H,2-10H2,1H3. The number of sulfonamides is 1. The minimum Gasteiger partial charge on any atom is -0.329 e. The average molecular weight is 238 g/mol. The summed E-state index contributed by atoms with van der Waals surface area (Å²) in [6.07, 6.45) is 0. The maximum absolute atomic E-state index is 11.1. The molecule has 0 aliphatic carbocycles. The molecule has 6 nitrogen and oxygen atoms in total. The third-order valence-corrected chi connectivity index (χ3v) is 3.42. The average Bonchev–Trinajstić information content (AvgIpc) is 2.18. The van der Waals surface area contributed by atoms with Crippen LogP contribution >= 0.6 is 0 Å². The van der Waals surface area contributed by atoms with Crippen molar-refractivity contribution in [2.45, 2.75) is 6.92 Å². The van der Waals surface area contributed by atoms with Crippen molar-refractivity contribution in [2.75, 3.05) is 45.0 Å². The van der Waals surface area contributed by atoms with E-state index in [1.165, 1.54) is 0 Å². The Hall–Kier alpha value is -0.210. The Morgan fingerprint density at radius 1 is 1.13 bits per heavy atom. The Labute approximate surface area is 92.0 Å². The van der Waals surface area contributed by atoms with Crippen LogP contribution in [0.25, 0.3) is 0 Å². The van der Waals surface area contributed by atoms with Gasteiger partial charge in [-0.1, -0.05) is 0 Å². The van der Waals surface area contributed by atoms with E-state index in [4.69, 9.17) is 11.5 Å². The number of hydrogen-bond donors (Lipinski definition) is 3. The monoisotopic (exact) mass is 238 g/mol. The Morgan fingerprint density at radius 2 is 1.67 bits per heavy atom. The predicted octanol–water partition coefficient (Wildman–Crippen LogP) is -1.85. The van der Waals surface area contributed by atoms with Crippen LogP contribution in [0.2, 0.25) is 0 Å². The lowest BCUT2D eigenvalue weighted by Gasteiger charge is -2.20. The quantitative estimate of drug-likeness (QED) is 0.437. The number of nitrogens with two attached hydrogens (primary N) is 2. The molecule has 0 spiro atoms. The first-order chi connectivity index (χ1) is 7.05. The van der Waals surface area contributed by atoms with Gasteiger partial charge in [0.2, 0.25) is 10.0 Å². The van der Waals surface area contributed by atoms with Crippen molar-refractivity contribution in [1.29, 1.82) is 0 Å². The molecule has 0 aromatic rings. The van der Waals surface area contributed by atoms with E-state index in [0.717, 1.165) is 13.1 Å². The lowest BCUT2D eigenvalue weighted by molar-refractivity contribution is 0.293. The first kappa shape index (κ1) is 14.8. The minimum absolute atomic E-state index is 0.112. The van der Waals surface area contributed by atoms with Crippen molar-refractivity contribution < 1.29 is 8.42 Å². The largest absolute Gasteiger partial charge is 0.329 e. The highest BCUT2D eigenvalue weighted by atomic mass is 32.2. The van der Waals surface area contributed by atoms with Gasteiger partial charge in [0, 0.05) is 39.3 Å². The summed E-state index contributed by atoms with van der Waals surface area (Å²) in [4.78, 5) is 2.04. The van der Waals surface area contributed by atoms with Gasteiger partial charge in [0.05, 0.1) is 5.75 Å². The van der Waals surface area contributed by atoms with Gasteiger partial charge in [-0.3, -0.25) is 4.90 Å². The van der Waals surface area contributed by atoms with Crippen LogP contribution in [0.1, 0.15) is 6.92 Å². The summed E-state index contributed by atoms with van der Waals surface area (Å²) in [5, 5.41) is 0. The number of rotatable bonds is 9. The van der Waals surface area contributed by atoms with Gasteiger partial charge in [0.25, 0.3) is 0 Å². The molecule has 0 aliphatic heterocycles. The van der Waals surface area contributed by atoms with Crippen molar-refractivity contribution in [3.8, 4) is 0 Å². The van der Waals surface area contributed by atoms with Crippen molar-refractivity contribution in [2.24, 2.45) is 11.5 Å². The van der Waals surface area contributed by atoms with Crippen LogP contribution < -0.4 is 16.2 Å². The van der Waals surface area contributed by atoms with Crippen LogP contribution in [0.4, 0.5) is 0 Å². The van der Waals surface area contributed by atoms with Gasteiger partial charge in [-0.25, -0.2) is 13.1 Å². The highest BCUT2D eigenvalue weighted by molar-refractivity contribution is 7.89. The zero-order chi connectivity index (χ0) is 11.7. The molecule has 0 unspecified atom stereocenters. The SMILES string of the molecule is CCS(=O)(=O)NCCN(CCN)CCN. The fourth-order valence-corrected chi connectivity index (χ4v) is 1.77. The van der Waals surface area contributed by atoms with E-state index in [-0.39, 0.29) is 5.75 Å². The van der Waals surface area contributed by atoms with Gasteiger partial charge in [-0.05, 0) is 6.92 Å². The smallest absolute Gasteiger partial charge is 0.211 e. The van der Waals surface area contributed by atoms with Crippen LogP contribution in [0.5, 0.6) is 0 Å². The predicted molar refractivity (Wildman–Crippen MR) is 62.0 cm³/mol. The van der Waals surface area contributed by atoms with E-state index in [1.807, 2.05) is 4.90 Å². The fraction of sp³-hybridized carbons (Fsp3) is 1.00. The minimum atomic E-state index is -3.08. The van der Waals surface area contributed by atoms with E-state index < -0.39 is 10.0 Å². The van der Waals surface area contributed by atoms with Crippen molar-refractivity contribution in [3.05, 3.63) is 0 Å². The van der Waals surface area contributed by atoms with E-state index in [9.17, 15) is 8.42 Å². The first-order valence-corrected chi connectivity index (χ1v) is 6.80. The molecule has 0 heterocycles. The van der Waals surface area contributed by atoms with Gasteiger partial charge in [-0.2, -0.15) is 0 Å². The van der Waals surface area contributed by atoms with Gasteiger partial charge in [-0.15, -0.1) is 0 Å². The Kier molecular flexibility index (Phi) is 7.89. The summed E-state index contributed by atoms with van der Waals surface area (Å²) < 4.78 is 24.7. The third-order valence-electron chi connectivity index (χ3n) is 2.02. The second kappa shape index (κ2) is 8.00. The van der Waals surface area contributed by atoms with E-state index in [1.54, 1.807) is 6.92 Å². The highest BCUT2D eigenvalue weighted by Crippen LogP contribution is 1.86. The molecule has 0 bridgehead atoms. The topological polar surface area (TPSA) is 101 Å². The zero-order valence-corrected chi connectivity index (χ0v) is 10.1. The van der Waals surface area contributed by atoms with Crippen LogP contribution in [0, 0.1) is 0 Å². The summed E-state index contributed by atoms with van der Waals surface area (Å²) in [5.74, 6) is 0.112. The van der Waals surface area contributed by atoms with Crippen LogP contribution in [0.15, 0.2) is 0 Å². The molecule has 0 saturated carbocycles. The molecule has 0 fully saturated rings. The van der Waals surface area contributed by atoms with Crippen LogP contribution in [-0.2, 0) is 10.0 Å². The molecule has 15 heavy (non-hydrogen) atoms. The number of nitrogens with one attached hydrogen (secondary N) is 1. The number of nitrogens with zero attached hydrogens (tertiary/aromatic N) is 1. The molecule has 7 heteroatoms. The van der Waals surface area contributed by atoms with Crippen LogP contribution in [0.3, 0.4) is 0 Å². The summed E-state index contributed by atoms with van der Waals surface area (Å²) in [6.45, 7) is 5.26. The Morgan fingerprint density at radius 3 is 2.07 bits per heavy atom. The second-order valence-corrected chi connectivity index (χ2v) is 5.31. The van der Waals surface area contributed by atoms with Gasteiger partial charge >= 0.3 is 0 Å². The molecule has 0 rings (SSSR count). The molecule has 0 aliphatic rings. The molecule has 0 aromatic heterocycles. The third kappa shape index (κ3) is 7.69. The molecule has 92 valence electrons. The summed E-state index contributed by atoms with van der Waals surface area (Å²) in [6, 6.07) is 0. The van der Waals surface area contributed by atoms with E-state index >= 15 is 0 Å². The Balaban J connectivity index is 3.79. The molecule has 0 aromatic carbocycles. The normalized spacial score (nSPS) is 12.3. The molecular formula is C8H22N4O2S. The number of hydrogen-bond acceptors (Lipinski definition) is 5. The second-order valence-electron chi connectivity index (χ2n) is 3.22. The summed E-state index contributed by atoms with van der Waals surface area (Å²) in [5.41, 5.74) is 10.8. The lowest BCUT2D eigenvalue weighted by Crippen LogP contribution is -2.40. The molecule has 0 amide bonds. The molecular weight excluding hydrogens is 216 g/mol. The first-order valence-electron chi connectivity index (χ1n) is 5.15.